The van der Waals surface area contributed by atoms with E-state index in [-0.39, 0.29) is 16.5 Å². The molecule has 0 aromatic heterocycles. The van der Waals surface area contributed by atoms with Crippen LogP contribution in [0.3, 0.4) is 0 Å². The number of benzene rings is 2. The van der Waals surface area contributed by atoms with Crippen molar-refractivity contribution in [2.45, 2.75) is 0 Å². The highest BCUT2D eigenvalue weighted by Crippen LogP contribution is 2.35. The number of rotatable bonds is 3. The van der Waals surface area contributed by atoms with Gasteiger partial charge in [0.2, 0.25) is 0 Å². The van der Waals surface area contributed by atoms with Gasteiger partial charge in [0, 0.05) is 11.1 Å². The lowest BCUT2D eigenvalue weighted by atomic mass is 10.1. The first-order valence-electron chi connectivity index (χ1n) is 5.34. The van der Waals surface area contributed by atoms with Gasteiger partial charge in [0.1, 0.15) is 22.9 Å². The topological polar surface area (TPSA) is 72.5 Å². The van der Waals surface area contributed by atoms with Crippen LogP contribution in [-0.2, 0) is 0 Å². The van der Waals surface area contributed by atoms with E-state index < -0.39 is 23.0 Å². The zero-order valence-corrected chi connectivity index (χ0v) is 11.4. The Morgan fingerprint density at radius 1 is 1.20 bits per heavy atom. The zero-order valence-electron chi connectivity index (χ0n) is 9.86. The molecule has 0 atom stereocenters. The molecule has 0 aliphatic carbocycles. The van der Waals surface area contributed by atoms with Crippen LogP contribution < -0.4 is 10.5 Å². The number of carboxylic acid groups (broad SMARTS) is 1. The summed E-state index contributed by atoms with van der Waals surface area (Å²) in [6.45, 7) is 0. The molecule has 2 aromatic carbocycles. The van der Waals surface area contributed by atoms with Crippen LogP contribution in [0.15, 0.2) is 30.3 Å². The largest absolute Gasteiger partial charge is 0.477 e. The first-order chi connectivity index (χ1) is 9.40. The molecule has 0 saturated carbocycles. The van der Waals surface area contributed by atoms with Crippen molar-refractivity contribution >= 4 is 34.9 Å². The highest BCUT2D eigenvalue weighted by atomic mass is 35.5. The maximum atomic E-state index is 13.3. The van der Waals surface area contributed by atoms with Gasteiger partial charge in [-0.25, -0.2) is 9.18 Å². The molecule has 2 aromatic rings. The molecule has 104 valence electrons. The van der Waals surface area contributed by atoms with Gasteiger partial charge in [-0.15, -0.1) is 0 Å². The molecule has 4 nitrogen and oxygen atoms in total. The van der Waals surface area contributed by atoms with Crippen molar-refractivity contribution in [3.63, 3.8) is 0 Å². The molecule has 0 amide bonds. The molecule has 0 bridgehead atoms. The molecule has 0 unspecified atom stereocenters. The lowest BCUT2D eigenvalue weighted by molar-refractivity contribution is 0.0695. The second kappa shape index (κ2) is 5.56. The molecule has 0 radical (unpaired) electrons. The van der Waals surface area contributed by atoms with Crippen LogP contribution in [0.2, 0.25) is 10.0 Å². The van der Waals surface area contributed by atoms with Gasteiger partial charge < -0.3 is 15.6 Å². The maximum Gasteiger partial charge on any atom is 0.341 e. The Bertz CT molecular complexity index is 692. The Kier molecular flexibility index (Phi) is 4.01. The molecule has 2 rings (SSSR count). The van der Waals surface area contributed by atoms with Crippen LogP contribution in [-0.4, -0.2) is 11.1 Å². The van der Waals surface area contributed by atoms with E-state index in [4.69, 9.17) is 38.8 Å². The van der Waals surface area contributed by atoms with E-state index in [2.05, 4.69) is 0 Å². The van der Waals surface area contributed by atoms with Crippen LogP contribution >= 0.6 is 23.2 Å². The second-order valence-corrected chi connectivity index (χ2v) is 4.66. The molecular weight excluding hydrogens is 308 g/mol. The molecule has 0 saturated heterocycles. The lowest BCUT2D eigenvalue weighted by Gasteiger charge is -2.12. The molecule has 20 heavy (non-hydrogen) atoms. The van der Waals surface area contributed by atoms with Gasteiger partial charge in [0.25, 0.3) is 0 Å². The molecule has 0 aliphatic rings. The summed E-state index contributed by atoms with van der Waals surface area (Å²) in [6.07, 6.45) is 0. The second-order valence-electron chi connectivity index (χ2n) is 3.82. The van der Waals surface area contributed by atoms with Gasteiger partial charge >= 0.3 is 5.97 Å². The van der Waals surface area contributed by atoms with Crippen LogP contribution in [0.1, 0.15) is 10.4 Å². The van der Waals surface area contributed by atoms with Gasteiger partial charge in [-0.2, -0.15) is 0 Å². The van der Waals surface area contributed by atoms with E-state index in [0.29, 0.717) is 5.02 Å². The number of nitrogens with two attached hydrogens (primary N) is 1. The number of ether oxygens (including phenoxy) is 1. The summed E-state index contributed by atoms with van der Waals surface area (Å²) in [5, 5.41) is 9.68. The number of hydrogen-bond acceptors (Lipinski definition) is 3. The molecule has 0 fully saturated rings. The van der Waals surface area contributed by atoms with E-state index in [0.717, 1.165) is 12.1 Å². The molecule has 0 aliphatic heterocycles. The molecule has 0 spiro atoms. The first kappa shape index (κ1) is 14.4. The fourth-order valence-corrected chi connectivity index (χ4v) is 1.87. The minimum Gasteiger partial charge on any atom is -0.477 e. The number of halogens is 3. The fraction of sp³-hybridized carbons (Fsp3) is 0. The number of nitrogen functional groups attached to an aromatic ring is 1. The molecule has 3 N–H and O–H groups in total. The van der Waals surface area contributed by atoms with Crippen molar-refractivity contribution in [3.05, 3.63) is 51.8 Å². The Balaban J connectivity index is 2.51. The maximum absolute atomic E-state index is 13.3. The summed E-state index contributed by atoms with van der Waals surface area (Å²) in [6, 6.07) is 6.62. The third-order valence-electron chi connectivity index (χ3n) is 2.48. The quantitative estimate of drug-likeness (QED) is 0.832. The number of hydrogen-bond donors (Lipinski definition) is 2. The third-order valence-corrected chi connectivity index (χ3v) is 3.03. The number of carboxylic acids is 1. The van der Waals surface area contributed by atoms with E-state index in [1.54, 1.807) is 6.07 Å². The molecular formula is C13H8Cl2FNO3. The smallest absolute Gasteiger partial charge is 0.341 e. The average Bonchev–Trinajstić information content (AvgIpc) is 2.38. The van der Waals surface area contributed by atoms with Crippen LogP contribution in [0.4, 0.5) is 10.1 Å². The van der Waals surface area contributed by atoms with Gasteiger partial charge in [0.05, 0.1) is 10.7 Å². The Hall–Kier alpha value is -1.98. The van der Waals surface area contributed by atoms with Crippen molar-refractivity contribution in [1.82, 2.24) is 0 Å². The van der Waals surface area contributed by atoms with E-state index in [1.165, 1.54) is 12.1 Å². The first-order valence-corrected chi connectivity index (χ1v) is 6.10. The van der Waals surface area contributed by atoms with E-state index in [1.807, 2.05) is 0 Å². The fourth-order valence-electron chi connectivity index (χ4n) is 1.55. The van der Waals surface area contributed by atoms with Crippen molar-refractivity contribution in [2.75, 3.05) is 5.73 Å². The van der Waals surface area contributed by atoms with Gasteiger partial charge in [-0.1, -0.05) is 23.2 Å². The van der Waals surface area contributed by atoms with Gasteiger partial charge in [0.15, 0.2) is 0 Å². The summed E-state index contributed by atoms with van der Waals surface area (Å²) in [7, 11) is 0. The standard InChI is InChI=1S/C13H8Cl2FNO3/c14-6-1-2-7(15)10(5-6)20-9-4-3-8(16)12(17)11(9)13(18)19/h1-5H,17H2,(H,18,19). The summed E-state index contributed by atoms with van der Waals surface area (Å²) in [5.41, 5.74) is 4.43. The molecule has 0 heterocycles. The highest BCUT2D eigenvalue weighted by molar-refractivity contribution is 6.34. The van der Waals surface area contributed by atoms with Gasteiger partial charge in [-0.05, 0) is 24.3 Å². The van der Waals surface area contributed by atoms with Crippen LogP contribution in [0.25, 0.3) is 0 Å². The number of aromatic carboxylic acids is 1. The summed E-state index contributed by atoms with van der Waals surface area (Å²) >= 11 is 11.7. The number of anilines is 1. The Morgan fingerprint density at radius 3 is 2.55 bits per heavy atom. The predicted octanol–water partition coefficient (Wildman–Crippen LogP) is 4.21. The molecule has 7 heteroatoms. The third kappa shape index (κ3) is 2.79. The van der Waals surface area contributed by atoms with E-state index in [9.17, 15) is 9.18 Å². The predicted molar refractivity (Wildman–Crippen MR) is 74.3 cm³/mol. The monoisotopic (exact) mass is 315 g/mol. The normalized spacial score (nSPS) is 10.3. The van der Waals surface area contributed by atoms with Crippen molar-refractivity contribution in [2.24, 2.45) is 0 Å². The minimum absolute atomic E-state index is 0.124. The SMILES string of the molecule is Nc1c(F)ccc(Oc2cc(Cl)ccc2Cl)c1C(=O)O. The highest BCUT2D eigenvalue weighted by Gasteiger charge is 2.20. The minimum atomic E-state index is -1.41. The lowest BCUT2D eigenvalue weighted by Crippen LogP contribution is -2.07. The number of carbonyl (C=O) groups is 1. The average molecular weight is 316 g/mol. The van der Waals surface area contributed by atoms with Crippen molar-refractivity contribution in [3.8, 4) is 11.5 Å². The van der Waals surface area contributed by atoms with E-state index >= 15 is 0 Å². The van der Waals surface area contributed by atoms with Crippen molar-refractivity contribution in [1.29, 1.82) is 0 Å². The van der Waals surface area contributed by atoms with Crippen LogP contribution in [0, 0.1) is 5.82 Å². The van der Waals surface area contributed by atoms with Gasteiger partial charge in [-0.3, -0.25) is 0 Å². The zero-order chi connectivity index (χ0) is 14.9. The Morgan fingerprint density at radius 2 is 1.90 bits per heavy atom. The summed E-state index contributed by atoms with van der Waals surface area (Å²) in [5.74, 6) is -2.23. The summed E-state index contributed by atoms with van der Waals surface area (Å²) in [4.78, 5) is 11.2. The Labute approximate surface area is 123 Å². The summed E-state index contributed by atoms with van der Waals surface area (Å²) < 4.78 is 18.7. The van der Waals surface area contributed by atoms with Crippen molar-refractivity contribution < 1.29 is 19.0 Å². The van der Waals surface area contributed by atoms with Crippen LogP contribution in [0.5, 0.6) is 11.5 Å².